The molecule has 1 aliphatic heterocycles. The zero-order valence-electron chi connectivity index (χ0n) is 13.9. The van der Waals surface area contributed by atoms with Crippen LogP contribution in [0, 0.1) is 11.7 Å². The lowest BCUT2D eigenvalue weighted by molar-refractivity contribution is 0.157. The molecule has 1 heterocycles. The molecule has 3 rings (SSSR count). The summed E-state index contributed by atoms with van der Waals surface area (Å²) in [7, 11) is 0. The van der Waals surface area contributed by atoms with Crippen molar-refractivity contribution in [2.75, 3.05) is 19.7 Å². The number of likely N-dealkylation sites (tertiary alicyclic amines) is 1. The van der Waals surface area contributed by atoms with Gasteiger partial charge in [0, 0.05) is 6.54 Å². The third-order valence-corrected chi connectivity index (χ3v) is 4.56. The second-order valence-corrected chi connectivity index (χ2v) is 6.30. The predicted molar refractivity (Wildman–Crippen MR) is 98.2 cm³/mol. The molecule has 0 radical (unpaired) electrons. The number of benzene rings is 2. The summed E-state index contributed by atoms with van der Waals surface area (Å²) >= 11 is 0. The van der Waals surface area contributed by atoms with Crippen molar-refractivity contribution in [3.8, 4) is 5.75 Å². The van der Waals surface area contributed by atoms with Gasteiger partial charge in [0.25, 0.3) is 0 Å². The third-order valence-electron chi connectivity index (χ3n) is 4.56. The summed E-state index contributed by atoms with van der Waals surface area (Å²) in [4.78, 5) is 2.53. The van der Waals surface area contributed by atoms with Crippen LogP contribution in [-0.2, 0) is 6.54 Å². The lowest BCUT2D eigenvalue weighted by atomic mass is 9.93. The van der Waals surface area contributed by atoms with E-state index in [2.05, 4.69) is 35.2 Å². The Hall–Kier alpha value is -1.58. The molecule has 1 fully saturated rings. The molecule has 0 amide bonds. The lowest BCUT2D eigenvalue weighted by Gasteiger charge is -2.32. The molecule has 4 heteroatoms. The fourth-order valence-electron chi connectivity index (χ4n) is 3.15. The number of hydrogen-bond acceptors (Lipinski definition) is 2. The smallest absolute Gasteiger partial charge is 0.123 e. The first kappa shape index (κ1) is 18.8. The molecule has 2 aromatic rings. The van der Waals surface area contributed by atoms with E-state index in [1.165, 1.54) is 30.5 Å². The zero-order valence-corrected chi connectivity index (χ0v) is 14.7. The maximum absolute atomic E-state index is 12.8. The number of nitrogens with zero attached hydrogens (tertiary/aromatic N) is 1. The number of hydrogen-bond donors (Lipinski definition) is 0. The van der Waals surface area contributed by atoms with Crippen molar-refractivity contribution in [3.63, 3.8) is 0 Å². The number of ether oxygens (including phenoxy) is 1. The van der Waals surface area contributed by atoms with Gasteiger partial charge in [-0.15, -0.1) is 12.4 Å². The molecule has 1 saturated heterocycles. The van der Waals surface area contributed by atoms with Crippen LogP contribution in [0.5, 0.6) is 5.75 Å². The van der Waals surface area contributed by atoms with Gasteiger partial charge in [0.15, 0.2) is 0 Å². The summed E-state index contributed by atoms with van der Waals surface area (Å²) in [6.07, 6.45) is 3.55. The van der Waals surface area contributed by atoms with Crippen LogP contribution in [0.25, 0.3) is 0 Å². The van der Waals surface area contributed by atoms with E-state index in [0.717, 1.165) is 44.3 Å². The molecule has 24 heavy (non-hydrogen) atoms. The summed E-state index contributed by atoms with van der Waals surface area (Å²) in [6, 6.07) is 16.9. The van der Waals surface area contributed by atoms with E-state index in [4.69, 9.17) is 4.74 Å². The first-order chi connectivity index (χ1) is 11.3. The van der Waals surface area contributed by atoms with Gasteiger partial charge in [-0.05, 0) is 68.1 Å². The van der Waals surface area contributed by atoms with Crippen molar-refractivity contribution in [2.45, 2.75) is 25.8 Å². The second-order valence-electron chi connectivity index (χ2n) is 6.30. The highest BCUT2D eigenvalue weighted by Crippen LogP contribution is 2.22. The van der Waals surface area contributed by atoms with Crippen molar-refractivity contribution >= 4 is 12.4 Å². The van der Waals surface area contributed by atoms with Crippen LogP contribution in [-0.4, -0.2) is 24.6 Å². The molecule has 2 nitrogen and oxygen atoms in total. The number of piperidine rings is 1. The highest BCUT2D eigenvalue weighted by Gasteiger charge is 2.19. The van der Waals surface area contributed by atoms with Gasteiger partial charge >= 0.3 is 0 Å². The Morgan fingerprint density at radius 2 is 1.62 bits per heavy atom. The highest BCUT2D eigenvalue weighted by atomic mass is 35.5. The maximum atomic E-state index is 12.8. The summed E-state index contributed by atoms with van der Waals surface area (Å²) in [5, 5.41) is 0. The summed E-state index contributed by atoms with van der Waals surface area (Å²) in [6.45, 7) is 4.10. The van der Waals surface area contributed by atoms with E-state index < -0.39 is 0 Å². The largest absolute Gasteiger partial charge is 0.494 e. The predicted octanol–water partition coefficient (Wildman–Crippen LogP) is 4.93. The minimum atomic E-state index is -0.219. The Morgan fingerprint density at radius 3 is 2.29 bits per heavy atom. The minimum absolute atomic E-state index is 0. The minimum Gasteiger partial charge on any atom is -0.494 e. The molecule has 0 aromatic heterocycles. The summed E-state index contributed by atoms with van der Waals surface area (Å²) in [5.41, 5.74) is 1.39. The summed E-state index contributed by atoms with van der Waals surface area (Å²) < 4.78 is 18.5. The quantitative estimate of drug-likeness (QED) is 0.733. The maximum Gasteiger partial charge on any atom is 0.123 e. The van der Waals surface area contributed by atoms with Crippen molar-refractivity contribution in [1.29, 1.82) is 0 Å². The van der Waals surface area contributed by atoms with E-state index in [1.54, 1.807) is 12.1 Å². The lowest BCUT2D eigenvalue weighted by Crippen LogP contribution is -2.33. The van der Waals surface area contributed by atoms with Crippen LogP contribution in [0.2, 0.25) is 0 Å². The fraction of sp³-hybridized carbons (Fsp3) is 0.400. The fourth-order valence-corrected chi connectivity index (χ4v) is 3.15. The Kier molecular flexibility index (Phi) is 7.54. The molecule has 0 spiro atoms. The summed E-state index contributed by atoms with van der Waals surface area (Å²) in [5.74, 6) is 1.28. The first-order valence-electron chi connectivity index (χ1n) is 8.44. The average molecular weight is 350 g/mol. The molecule has 0 atom stereocenters. The third kappa shape index (κ3) is 5.81. The Labute approximate surface area is 150 Å². The average Bonchev–Trinajstić information content (AvgIpc) is 2.59. The van der Waals surface area contributed by atoms with Gasteiger partial charge in [0.05, 0.1) is 6.61 Å². The van der Waals surface area contributed by atoms with Gasteiger partial charge < -0.3 is 4.74 Å². The first-order valence-corrected chi connectivity index (χ1v) is 8.44. The monoisotopic (exact) mass is 349 g/mol. The van der Waals surface area contributed by atoms with Crippen LogP contribution < -0.4 is 4.74 Å². The van der Waals surface area contributed by atoms with Crippen LogP contribution in [0.1, 0.15) is 24.8 Å². The number of halogens is 2. The van der Waals surface area contributed by atoms with Crippen molar-refractivity contribution < 1.29 is 9.13 Å². The molecule has 0 saturated carbocycles. The molecule has 130 valence electrons. The van der Waals surface area contributed by atoms with E-state index >= 15 is 0 Å². The van der Waals surface area contributed by atoms with E-state index in [0.29, 0.717) is 0 Å². The van der Waals surface area contributed by atoms with E-state index in [-0.39, 0.29) is 18.2 Å². The Balaban J connectivity index is 0.00000208. The normalized spacial score (nSPS) is 15.7. The zero-order chi connectivity index (χ0) is 15.9. The van der Waals surface area contributed by atoms with E-state index in [1.807, 2.05) is 0 Å². The van der Waals surface area contributed by atoms with Gasteiger partial charge in [0.1, 0.15) is 11.6 Å². The molecule has 0 N–H and O–H groups in total. The van der Waals surface area contributed by atoms with Gasteiger partial charge in [-0.3, -0.25) is 4.90 Å². The Bertz CT molecular complexity index is 582. The van der Waals surface area contributed by atoms with Crippen LogP contribution >= 0.6 is 12.4 Å². The van der Waals surface area contributed by atoms with Crippen LogP contribution in [0.4, 0.5) is 4.39 Å². The topological polar surface area (TPSA) is 12.5 Å². The second kappa shape index (κ2) is 9.65. The van der Waals surface area contributed by atoms with Gasteiger partial charge in [0.2, 0.25) is 0 Å². The van der Waals surface area contributed by atoms with Crippen molar-refractivity contribution in [3.05, 3.63) is 66.0 Å². The van der Waals surface area contributed by atoms with Crippen LogP contribution in [0.3, 0.4) is 0 Å². The molecule has 2 aromatic carbocycles. The van der Waals surface area contributed by atoms with Crippen molar-refractivity contribution in [2.24, 2.45) is 5.92 Å². The number of rotatable bonds is 6. The molecule has 0 bridgehead atoms. The molecular weight excluding hydrogens is 325 g/mol. The highest BCUT2D eigenvalue weighted by molar-refractivity contribution is 5.85. The molecular formula is C20H25ClFNO. The van der Waals surface area contributed by atoms with Gasteiger partial charge in [-0.25, -0.2) is 4.39 Å². The van der Waals surface area contributed by atoms with Crippen molar-refractivity contribution in [1.82, 2.24) is 4.90 Å². The molecule has 0 aliphatic carbocycles. The van der Waals surface area contributed by atoms with E-state index in [9.17, 15) is 4.39 Å². The van der Waals surface area contributed by atoms with Gasteiger partial charge in [-0.2, -0.15) is 0 Å². The van der Waals surface area contributed by atoms with Crippen LogP contribution in [0.15, 0.2) is 54.6 Å². The molecule has 1 aliphatic rings. The Morgan fingerprint density at radius 1 is 0.958 bits per heavy atom. The SMILES string of the molecule is Cl.Fc1ccc(OCCC2CCN(Cc3ccccc3)CC2)cc1. The molecule has 0 unspecified atom stereocenters. The standard InChI is InChI=1S/C20H24FNO.ClH/c21-19-6-8-20(9-7-19)23-15-12-17-10-13-22(14-11-17)16-18-4-2-1-3-5-18;/h1-9,17H,10-16H2;1H. The van der Waals surface area contributed by atoms with Gasteiger partial charge in [-0.1, -0.05) is 30.3 Å².